The van der Waals surface area contributed by atoms with Crippen LogP contribution in [0.15, 0.2) is 29.2 Å². The summed E-state index contributed by atoms with van der Waals surface area (Å²) in [6.45, 7) is 3.35. The molecule has 0 spiro atoms. The standard InChI is InChI=1S/C14H18N2O6S/c1-4-15-14(19)16-12(17)9(2)22-13(18)10-5-7-11(8-6-10)23(3,20)21/h5-9H,4H2,1-3H3,(H2,15,16,17,19). The molecule has 0 aromatic heterocycles. The number of urea groups is 1. The van der Waals surface area contributed by atoms with Crippen LogP contribution in [0.1, 0.15) is 24.2 Å². The summed E-state index contributed by atoms with van der Waals surface area (Å²) in [6.07, 6.45) is -0.131. The summed E-state index contributed by atoms with van der Waals surface area (Å²) in [4.78, 5) is 34.8. The number of hydrogen-bond acceptors (Lipinski definition) is 6. The molecule has 0 bridgehead atoms. The molecule has 1 aromatic rings. The third-order valence-electron chi connectivity index (χ3n) is 2.75. The van der Waals surface area contributed by atoms with Crippen molar-refractivity contribution in [3.05, 3.63) is 29.8 Å². The highest BCUT2D eigenvalue weighted by Crippen LogP contribution is 2.11. The van der Waals surface area contributed by atoms with Gasteiger partial charge in [0.1, 0.15) is 0 Å². The summed E-state index contributed by atoms with van der Waals surface area (Å²) in [5, 5.41) is 4.39. The van der Waals surface area contributed by atoms with E-state index >= 15 is 0 Å². The van der Waals surface area contributed by atoms with Gasteiger partial charge in [0, 0.05) is 12.8 Å². The molecular formula is C14H18N2O6S. The lowest BCUT2D eigenvalue weighted by Gasteiger charge is -2.13. The molecule has 0 aliphatic rings. The van der Waals surface area contributed by atoms with E-state index in [9.17, 15) is 22.8 Å². The molecule has 1 atom stereocenters. The van der Waals surface area contributed by atoms with E-state index in [4.69, 9.17) is 4.74 Å². The minimum atomic E-state index is -3.36. The van der Waals surface area contributed by atoms with E-state index in [1.165, 1.54) is 31.2 Å². The van der Waals surface area contributed by atoms with Gasteiger partial charge in [-0.05, 0) is 38.1 Å². The van der Waals surface area contributed by atoms with Gasteiger partial charge in [-0.3, -0.25) is 10.1 Å². The number of esters is 1. The third kappa shape index (κ3) is 5.70. The van der Waals surface area contributed by atoms with Gasteiger partial charge in [0.15, 0.2) is 15.9 Å². The Morgan fingerprint density at radius 3 is 2.22 bits per heavy atom. The van der Waals surface area contributed by atoms with E-state index in [0.717, 1.165) is 6.26 Å². The first-order chi connectivity index (χ1) is 10.6. The Kier molecular flexibility index (Phi) is 6.26. The minimum Gasteiger partial charge on any atom is -0.449 e. The SMILES string of the molecule is CCNC(=O)NC(=O)C(C)OC(=O)c1ccc(S(C)(=O)=O)cc1. The average Bonchev–Trinajstić information content (AvgIpc) is 2.46. The fraction of sp³-hybridized carbons (Fsp3) is 0.357. The van der Waals surface area contributed by atoms with Crippen molar-refractivity contribution in [1.29, 1.82) is 0 Å². The largest absolute Gasteiger partial charge is 0.449 e. The number of imide groups is 1. The Morgan fingerprint density at radius 2 is 1.74 bits per heavy atom. The number of carbonyl (C=O) groups is 3. The number of nitrogens with one attached hydrogen (secondary N) is 2. The van der Waals surface area contributed by atoms with Gasteiger partial charge in [0.05, 0.1) is 10.5 Å². The lowest BCUT2D eigenvalue weighted by atomic mass is 10.2. The molecule has 23 heavy (non-hydrogen) atoms. The molecule has 0 saturated carbocycles. The maximum atomic E-state index is 11.9. The normalized spacial score (nSPS) is 12.1. The maximum Gasteiger partial charge on any atom is 0.338 e. The van der Waals surface area contributed by atoms with Gasteiger partial charge in [0.25, 0.3) is 5.91 Å². The Morgan fingerprint density at radius 1 is 1.17 bits per heavy atom. The van der Waals surface area contributed by atoms with Crippen molar-refractivity contribution in [2.24, 2.45) is 0 Å². The van der Waals surface area contributed by atoms with E-state index in [1.807, 2.05) is 5.32 Å². The highest BCUT2D eigenvalue weighted by molar-refractivity contribution is 7.90. The molecule has 2 N–H and O–H groups in total. The van der Waals surface area contributed by atoms with E-state index in [2.05, 4.69) is 5.32 Å². The van der Waals surface area contributed by atoms with Crippen molar-refractivity contribution in [1.82, 2.24) is 10.6 Å². The quantitative estimate of drug-likeness (QED) is 0.751. The highest BCUT2D eigenvalue weighted by atomic mass is 32.2. The first kappa shape index (κ1) is 18.6. The fourth-order valence-electron chi connectivity index (χ4n) is 1.54. The highest BCUT2D eigenvalue weighted by Gasteiger charge is 2.20. The van der Waals surface area contributed by atoms with Crippen LogP contribution in [0.5, 0.6) is 0 Å². The van der Waals surface area contributed by atoms with Crippen LogP contribution in [0.3, 0.4) is 0 Å². The van der Waals surface area contributed by atoms with Crippen molar-refractivity contribution in [2.75, 3.05) is 12.8 Å². The summed E-state index contributed by atoms with van der Waals surface area (Å²) < 4.78 is 27.6. The zero-order chi connectivity index (χ0) is 17.6. The predicted molar refractivity (Wildman–Crippen MR) is 81.6 cm³/mol. The lowest BCUT2D eigenvalue weighted by molar-refractivity contribution is -0.127. The van der Waals surface area contributed by atoms with Gasteiger partial charge >= 0.3 is 12.0 Å². The Bertz CT molecular complexity index is 696. The molecule has 126 valence electrons. The Hall–Kier alpha value is -2.42. The summed E-state index contributed by atoms with van der Waals surface area (Å²) in [6, 6.07) is 4.43. The van der Waals surface area contributed by atoms with Crippen molar-refractivity contribution >= 4 is 27.7 Å². The van der Waals surface area contributed by atoms with E-state index in [0.29, 0.717) is 6.54 Å². The molecule has 0 radical (unpaired) electrons. The molecule has 8 nitrogen and oxygen atoms in total. The van der Waals surface area contributed by atoms with Gasteiger partial charge in [-0.2, -0.15) is 0 Å². The summed E-state index contributed by atoms with van der Waals surface area (Å²) in [7, 11) is -3.36. The minimum absolute atomic E-state index is 0.0658. The van der Waals surface area contributed by atoms with Crippen LogP contribution < -0.4 is 10.6 Å². The molecule has 0 fully saturated rings. The summed E-state index contributed by atoms with van der Waals surface area (Å²) in [5.74, 6) is -1.57. The third-order valence-corrected chi connectivity index (χ3v) is 3.87. The van der Waals surface area contributed by atoms with Crippen LogP contribution in [0.2, 0.25) is 0 Å². The smallest absolute Gasteiger partial charge is 0.338 e. The molecule has 3 amide bonds. The first-order valence-corrected chi connectivity index (χ1v) is 8.64. The van der Waals surface area contributed by atoms with E-state index < -0.39 is 33.8 Å². The lowest BCUT2D eigenvalue weighted by Crippen LogP contribution is -2.44. The number of carbonyl (C=O) groups excluding carboxylic acids is 3. The number of rotatable bonds is 5. The average molecular weight is 342 g/mol. The first-order valence-electron chi connectivity index (χ1n) is 6.75. The molecule has 0 aliphatic heterocycles. The molecular weight excluding hydrogens is 324 g/mol. The molecule has 0 saturated heterocycles. The van der Waals surface area contributed by atoms with E-state index in [-0.39, 0.29) is 10.5 Å². The summed E-state index contributed by atoms with van der Waals surface area (Å²) in [5.41, 5.74) is 0.0926. The number of amides is 3. The fourth-order valence-corrected chi connectivity index (χ4v) is 2.17. The van der Waals surface area contributed by atoms with Gasteiger partial charge in [-0.25, -0.2) is 18.0 Å². The second kappa shape index (κ2) is 7.73. The van der Waals surface area contributed by atoms with Crippen LogP contribution >= 0.6 is 0 Å². The van der Waals surface area contributed by atoms with Crippen molar-refractivity contribution < 1.29 is 27.5 Å². The summed E-state index contributed by atoms with van der Waals surface area (Å²) >= 11 is 0. The van der Waals surface area contributed by atoms with Crippen molar-refractivity contribution in [3.63, 3.8) is 0 Å². The number of sulfone groups is 1. The van der Waals surface area contributed by atoms with Gasteiger partial charge in [-0.15, -0.1) is 0 Å². The van der Waals surface area contributed by atoms with Crippen LogP contribution in [0.4, 0.5) is 4.79 Å². The molecule has 1 aromatic carbocycles. The molecule has 0 aliphatic carbocycles. The number of ether oxygens (including phenoxy) is 1. The molecule has 9 heteroatoms. The number of benzene rings is 1. The maximum absolute atomic E-state index is 11.9. The van der Waals surface area contributed by atoms with Crippen LogP contribution in [-0.4, -0.2) is 45.2 Å². The van der Waals surface area contributed by atoms with E-state index in [1.54, 1.807) is 6.92 Å². The van der Waals surface area contributed by atoms with Crippen LogP contribution in [0, 0.1) is 0 Å². The zero-order valence-corrected chi connectivity index (χ0v) is 13.8. The van der Waals surface area contributed by atoms with Crippen LogP contribution in [-0.2, 0) is 19.4 Å². The second-order valence-electron chi connectivity index (χ2n) is 4.69. The monoisotopic (exact) mass is 342 g/mol. The zero-order valence-electron chi connectivity index (χ0n) is 13.0. The van der Waals surface area contributed by atoms with Crippen molar-refractivity contribution in [3.8, 4) is 0 Å². The molecule has 1 rings (SSSR count). The topological polar surface area (TPSA) is 119 Å². The molecule has 0 heterocycles. The molecule has 1 unspecified atom stereocenters. The van der Waals surface area contributed by atoms with Gasteiger partial charge < -0.3 is 10.1 Å². The Balaban J connectivity index is 2.68. The Labute approximate surface area is 134 Å². The van der Waals surface area contributed by atoms with Gasteiger partial charge in [-0.1, -0.05) is 0 Å². The second-order valence-corrected chi connectivity index (χ2v) is 6.71. The predicted octanol–water partition coefficient (Wildman–Crippen LogP) is 0.481. The van der Waals surface area contributed by atoms with Crippen LogP contribution in [0.25, 0.3) is 0 Å². The van der Waals surface area contributed by atoms with Crippen molar-refractivity contribution in [2.45, 2.75) is 24.8 Å². The van der Waals surface area contributed by atoms with Gasteiger partial charge in [0.2, 0.25) is 0 Å². The number of hydrogen-bond donors (Lipinski definition) is 2.